The second kappa shape index (κ2) is 10.9. The number of halogens is 1. The number of likely N-dealkylation sites (N-methyl/N-ethyl adjacent to an activating group) is 1. The van der Waals surface area contributed by atoms with Gasteiger partial charge in [0, 0.05) is 29.6 Å². The molecule has 2 aromatic carbocycles. The second-order valence-electron chi connectivity index (χ2n) is 9.91. The fourth-order valence-electron chi connectivity index (χ4n) is 5.07. The van der Waals surface area contributed by atoms with E-state index in [0.717, 1.165) is 17.5 Å². The Labute approximate surface area is 216 Å². The molecule has 0 saturated carbocycles. The van der Waals surface area contributed by atoms with Crippen LogP contribution in [0.15, 0.2) is 36.4 Å². The molecular weight excluding hydrogens is 480 g/mol. The van der Waals surface area contributed by atoms with Gasteiger partial charge in [-0.1, -0.05) is 31.5 Å². The highest BCUT2D eigenvalue weighted by atomic mass is 35.5. The van der Waals surface area contributed by atoms with E-state index in [1.165, 1.54) is 0 Å². The van der Waals surface area contributed by atoms with E-state index in [9.17, 15) is 14.4 Å². The third kappa shape index (κ3) is 5.34. The number of carbonyl (C=O) groups excluding carboxylic acids is 3. The van der Waals surface area contributed by atoms with Gasteiger partial charge < -0.3 is 25.6 Å². The number of hydrogen-bond donors (Lipinski definition) is 3. The molecule has 0 radical (unpaired) electrons. The molecule has 8 nitrogen and oxygen atoms in total. The summed E-state index contributed by atoms with van der Waals surface area (Å²) in [5.41, 5.74) is 2.42. The van der Waals surface area contributed by atoms with E-state index in [4.69, 9.17) is 16.3 Å². The number of piperidine rings is 1. The van der Waals surface area contributed by atoms with Crippen molar-refractivity contribution in [1.82, 2.24) is 10.2 Å². The second-order valence-corrected chi connectivity index (χ2v) is 10.3. The number of benzene rings is 2. The number of quaternary nitrogens is 1. The maximum absolute atomic E-state index is 13.6. The van der Waals surface area contributed by atoms with Crippen molar-refractivity contribution in [2.45, 2.75) is 51.2 Å². The van der Waals surface area contributed by atoms with Crippen molar-refractivity contribution in [3.05, 3.63) is 47.0 Å². The van der Waals surface area contributed by atoms with Gasteiger partial charge in [-0.25, -0.2) is 0 Å². The van der Waals surface area contributed by atoms with Crippen molar-refractivity contribution in [2.75, 3.05) is 26.0 Å². The summed E-state index contributed by atoms with van der Waals surface area (Å²) < 4.78 is 5.48. The maximum Gasteiger partial charge on any atom is 0.278 e. The summed E-state index contributed by atoms with van der Waals surface area (Å²) in [6.07, 6.45) is 1.75. The molecule has 4 rings (SSSR count). The number of nitrogens with zero attached hydrogens (tertiary/aromatic N) is 1. The molecule has 3 amide bonds. The largest absolute Gasteiger partial charge is 0.496 e. The van der Waals surface area contributed by atoms with Gasteiger partial charge in [0.05, 0.1) is 25.4 Å². The zero-order valence-electron chi connectivity index (χ0n) is 21.1. The molecule has 9 heteroatoms. The van der Waals surface area contributed by atoms with E-state index in [2.05, 4.69) is 24.5 Å². The Kier molecular flexibility index (Phi) is 7.85. The van der Waals surface area contributed by atoms with Crippen LogP contribution in [0.2, 0.25) is 5.02 Å². The Balaban J connectivity index is 1.55. The minimum atomic E-state index is -0.651. The van der Waals surface area contributed by atoms with Gasteiger partial charge in [0.25, 0.3) is 11.8 Å². The van der Waals surface area contributed by atoms with Crippen LogP contribution in [0.1, 0.15) is 43.5 Å². The SMILES string of the molecule is C[NH2+][C@@H](CC(C)C)C(=O)N[C@H]1CCN2C(=O)c3cc(-c4cc(Cl)ccc4OC)ccc3NC(=O)[C@@H]2C1. The van der Waals surface area contributed by atoms with Gasteiger partial charge in [-0.15, -0.1) is 0 Å². The number of nitrogens with two attached hydrogens (primary N) is 1. The average molecular weight is 514 g/mol. The summed E-state index contributed by atoms with van der Waals surface area (Å²) in [7, 11) is 3.48. The maximum atomic E-state index is 13.6. The van der Waals surface area contributed by atoms with Crippen molar-refractivity contribution in [2.24, 2.45) is 5.92 Å². The van der Waals surface area contributed by atoms with E-state index in [1.54, 1.807) is 42.3 Å². The minimum Gasteiger partial charge on any atom is -0.496 e. The number of amides is 3. The molecule has 2 aliphatic rings. The van der Waals surface area contributed by atoms with Gasteiger partial charge in [0.2, 0.25) is 5.91 Å². The van der Waals surface area contributed by atoms with Crippen LogP contribution in [-0.4, -0.2) is 61.4 Å². The van der Waals surface area contributed by atoms with Gasteiger partial charge in [0.1, 0.15) is 11.8 Å². The zero-order valence-corrected chi connectivity index (χ0v) is 21.9. The van der Waals surface area contributed by atoms with Gasteiger partial charge >= 0.3 is 0 Å². The van der Waals surface area contributed by atoms with E-state index >= 15 is 0 Å². The highest BCUT2D eigenvalue weighted by Gasteiger charge is 2.41. The Morgan fingerprint density at radius 2 is 2.00 bits per heavy atom. The third-order valence-electron chi connectivity index (χ3n) is 6.96. The van der Waals surface area contributed by atoms with Crippen molar-refractivity contribution in [3.63, 3.8) is 0 Å². The third-order valence-corrected chi connectivity index (χ3v) is 7.19. The van der Waals surface area contributed by atoms with Crippen LogP contribution in [0.3, 0.4) is 0 Å². The van der Waals surface area contributed by atoms with Crippen LogP contribution < -0.4 is 20.7 Å². The van der Waals surface area contributed by atoms with E-state index in [1.807, 2.05) is 18.4 Å². The molecule has 0 aliphatic carbocycles. The predicted molar refractivity (Wildman–Crippen MR) is 139 cm³/mol. The zero-order chi connectivity index (χ0) is 26.0. The first-order valence-corrected chi connectivity index (χ1v) is 12.8. The summed E-state index contributed by atoms with van der Waals surface area (Å²) in [5, 5.41) is 8.53. The summed E-state index contributed by atoms with van der Waals surface area (Å²) in [4.78, 5) is 41.2. The number of nitrogens with one attached hydrogen (secondary N) is 2. The molecule has 1 fully saturated rings. The van der Waals surface area contributed by atoms with E-state index < -0.39 is 6.04 Å². The molecule has 4 N–H and O–H groups in total. The van der Waals surface area contributed by atoms with E-state index in [0.29, 0.717) is 47.3 Å². The highest BCUT2D eigenvalue weighted by molar-refractivity contribution is 6.31. The Bertz CT molecular complexity index is 1170. The molecule has 1 saturated heterocycles. The molecule has 36 heavy (non-hydrogen) atoms. The quantitative estimate of drug-likeness (QED) is 0.529. The predicted octanol–water partition coefficient (Wildman–Crippen LogP) is 2.67. The molecular formula is C27H34ClN4O4+. The summed E-state index contributed by atoms with van der Waals surface area (Å²) in [6, 6.07) is 9.69. The smallest absolute Gasteiger partial charge is 0.278 e. The van der Waals surface area contributed by atoms with Crippen molar-refractivity contribution in [1.29, 1.82) is 0 Å². The van der Waals surface area contributed by atoms with E-state index in [-0.39, 0.29) is 29.8 Å². The number of rotatable bonds is 7. The molecule has 3 atom stereocenters. The lowest BCUT2D eigenvalue weighted by atomic mass is 9.95. The number of fused-ring (bicyclic) bond motifs is 2. The molecule has 2 aromatic rings. The minimum absolute atomic E-state index is 0.0200. The molecule has 2 heterocycles. The summed E-state index contributed by atoms with van der Waals surface area (Å²) in [5.74, 6) is 0.571. The highest BCUT2D eigenvalue weighted by Crippen LogP contribution is 2.36. The van der Waals surface area contributed by atoms with Crippen LogP contribution in [-0.2, 0) is 9.59 Å². The lowest BCUT2D eigenvalue weighted by Gasteiger charge is -2.37. The van der Waals surface area contributed by atoms with Crippen LogP contribution in [0.4, 0.5) is 5.69 Å². The van der Waals surface area contributed by atoms with Crippen LogP contribution in [0.5, 0.6) is 5.75 Å². The molecule has 0 spiro atoms. The molecule has 0 aromatic heterocycles. The lowest BCUT2D eigenvalue weighted by Crippen LogP contribution is -2.89. The van der Waals surface area contributed by atoms with Crippen LogP contribution in [0.25, 0.3) is 11.1 Å². The fourth-order valence-corrected chi connectivity index (χ4v) is 5.25. The number of ether oxygens (including phenoxy) is 1. The first kappa shape index (κ1) is 26.0. The molecule has 0 bridgehead atoms. The van der Waals surface area contributed by atoms with Gasteiger partial charge in [0.15, 0.2) is 6.04 Å². The fraction of sp³-hybridized carbons (Fsp3) is 0.444. The molecule has 2 aliphatic heterocycles. The standard InChI is InChI=1S/C27H33ClN4O4/c1-15(2)11-22(29-3)25(33)30-18-9-10-32-23(14-18)26(34)31-21-7-5-16(12-20(21)27(32)35)19-13-17(28)6-8-24(19)36-4/h5-8,12-13,15,18,22-23,29H,9-11,14H2,1-4H3,(H,30,33)(H,31,34)/p+1/t18-,22-,23-/m0/s1. The molecule has 192 valence electrons. The van der Waals surface area contributed by atoms with Gasteiger partial charge in [-0.2, -0.15) is 0 Å². The number of anilines is 1. The summed E-state index contributed by atoms with van der Waals surface area (Å²) >= 11 is 6.22. The normalized spacial score (nSPS) is 20.2. The van der Waals surface area contributed by atoms with Gasteiger partial charge in [-0.05, 0) is 54.7 Å². The van der Waals surface area contributed by atoms with Crippen LogP contribution >= 0.6 is 11.6 Å². The Morgan fingerprint density at radius 1 is 1.22 bits per heavy atom. The van der Waals surface area contributed by atoms with Gasteiger partial charge in [-0.3, -0.25) is 14.4 Å². The molecule has 0 unspecified atom stereocenters. The average Bonchev–Trinajstić information content (AvgIpc) is 2.96. The number of hydrogen-bond acceptors (Lipinski definition) is 4. The van der Waals surface area contributed by atoms with Crippen molar-refractivity contribution in [3.8, 4) is 16.9 Å². The first-order chi connectivity index (χ1) is 17.2. The topological polar surface area (TPSA) is 104 Å². The number of carbonyl (C=O) groups is 3. The first-order valence-electron chi connectivity index (χ1n) is 12.4. The van der Waals surface area contributed by atoms with Crippen molar-refractivity contribution < 1.29 is 24.4 Å². The van der Waals surface area contributed by atoms with Crippen LogP contribution in [0, 0.1) is 5.92 Å². The van der Waals surface area contributed by atoms with Crippen molar-refractivity contribution >= 4 is 35.0 Å². The Hall–Kier alpha value is -3.10. The summed E-state index contributed by atoms with van der Waals surface area (Å²) in [6.45, 7) is 4.57. The Morgan fingerprint density at radius 3 is 2.69 bits per heavy atom. The monoisotopic (exact) mass is 513 g/mol. The lowest BCUT2D eigenvalue weighted by molar-refractivity contribution is -0.651. The number of methoxy groups -OCH3 is 1.